The summed E-state index contributed by atoms with van der Waals surface area (Å²) in [5.74, 6) is -0.668. The van der Waals surface area contributed by atoms with Crippen LogP contribution in [0.4, 0.5) is 0 Å². The third-order valence-electron chi connectivity index (χ3n) is 3.79. The molecule has 0 bridgehead atoms. The standard InChI is InChI=1S/C20H22O6/c1-2-25-19(20(23)24)11-14-6-8-17(9-7-14)26-13-18(22)16-5-3-4-15(10-16)12-21/h3-10,19,21H,2,11-13H2,1H3,(H,23,24)/t19-/m0/s1. The highest BCUT2D eigenvalue weighted by Gasteiger charge is 2.17. The van der Waals surface area contributed by atoms with E-state index in [1.165, 1.54) is 0 Å². The maximum absolute atomic E-state index is 12.2. The second-order valence-electron chi connectivity index (χ2n) is 5.70. The van der Waals surface area contributed by atoms with E-state index in [0.29, 0.717) is 23.5 Å². The number of benzene rings is 2. The number of aliphatic carboxylic acids is 1. The SMILES string of the molecule is CCO[C@@H](Cc1ccc(OCC(=O)c2cccc(CO)c2)cc1)C(=O)O. The Balaban J connectivity index is 1.92. The number of ketones is 1. The van der Waals surface area contributed by atoms with Gasteiger partial charge in [-0.05, 0) is 36.2 Å². The van der Waals surface area contributed by atoms with Gasteiger partial charge in [-0.1, -0.05) is 30.3 Å². The van der Waals surface area contributed by atoms with Gasteiger partial charge in [-0.3, -0.25) is 4.79 Å². The highest BCUT2D eigenvalue weighted by molar-refractivity contribution is 5.97. The van der Waals surface area contributed by atoms with Crippen molar-refractivity contribution in [3.05, 3.63) is 65.2 Å². The summed E-state index contributed by atoms with van der Waals surface area (Å²) in [6.07, 6.45) is -0.622. The van der Waals surface area contributed by atoms with Crippen LogP contribution in [0.2, 0.25) is 0 Å². The molecular formula is C20H22O6. The monoisotopic (exact) mass is 358 g/mol. The van der Waals surface area contributed by atoms with E-state index in [2.05, 4.69) is 0 Å². The number of carbonyl (C=O) groups excluding carboxylic acids is 1. The fraction of sp³-hybridized carbons (Fsp3) is 0.300. The van der Waals surface area contributed by atoms with E-state index in [1.807, 2.05) is 0 Å². The van der Waals surface area contributed by atoms with Crippen LogP contribution in [-0.2, 0) is 22.6 Å². The molecular weight excluding hydrogens is 336 g/mol. The average Bonchev–Trinajstić information content (AvgIpc) is 2.66. The van der Waals surface area contributed by atoms with Crippen LogP contribution in [0.5, 0.6) is 5.75 Å². The van der Waals surface area contributed by atoms with Crippen molar-refractivity contribution < 1.29 is 29.3 Å². The molecule has 0 aliphatic heterocycles. The van der Waals surface area contributed by atoms with Gasteiger partial charge in [0.05, 0.1) is 6.61 Å². The molecule has 26 heavy (non-hydrogen) atoms. The molecule has 2 aromatic rings. The normalized spacial score (nSPS) is 11.8. The number of aliphatic hydroxyl groups excluding tert-OH is 1. The van der Waals surface area contributed by atoms with Crippen molar-refractivity contribution in [2.45, 2.75) is 26.1 Å². The molecule has 2 aromatic carbocycles. The number of rotatable bonds is 10. The minimum Gasteiger partial charge on any atom is -0.485 e. The minimum absolute atomic E-state index is 0.120. The van der Waals surface area contributed by atoms with Crippen molar-refractivity contribution in [1.29, 1.82) is 0 Å². The molecule has 0 amide bonds. The Hall–Kier alpha value is -2.70. The van der Waals surface area contributed by atoms with Crippen LogP contribution in [0, 0.1) is 0 Å². The van der Waals surface area contributed by atoms with Gasteiger partial charge < -0.3 is 19.7 Å². The molecule has 0 aliphatic carbocycles. The molecule has 2 rings (SSSR count). The van der Waals surface area contributed by atoms with E-state index in [0.717, 1.165) is 5.56 Å². The molecule has 0 aromatic heterocycles. The highest BCUT2D eigenvalue weighted by Crippen LogP contribution is 2.15. The van der Waals surface area contributed by atoms with Crippen LogP contribution >= 0.6 is 0 Å². The lowest BCUT2D eigenvalue weighted by Crippen LogP contribution is -2.26. The number of ether oxygens (including phenoxy) is 2. The minimum atomic E-state index is -0.997. The molecule has 2 N–H and O–H groups in total. The summed E-state index contributed by atoms with van der Waals surface area (Å²) in [4.78, 5) is 23.3. The van der Waals surface area contributed by atoms with Gasteiger partial charge in [0, 0.05) is 18.6 Å². The van der Waals surface area contributed by atoms with Crippen molar-refractivity contribution in [2.24, 2.45) is 0 Å². The molecule has 0 saturated carbocycles. The van der Waals surface area contributed by atoms with E-state index < -0.39 is 12.1 Å². The van der Waals surface area contributed by atoms with Crippen LogP contribution < -0.4 is 4.74 Å². The van der Waals surface area contributed by atoms with Crippen molar-refractivity contribution in [2.75, 3.05) is 13.2 Å². The Labute approximate surface area is 152 Å². The number of aliphatic hydroxyl groups is 1. The molecule has 0 heterocycles. The first kappa shape index (κ1) is 19.6. The number of carbonyl (C=O) groups is 2. The molecule has 6 nitrogen and oxygen atoms in total. The number of carboxylic acid groups (broad SMARTS) is 1. The van der Waals surface area contributed by atoms with Gasteiger partial charge in [0.25, 0.3) is 0 Å². The maximum atomic E-state index is 12.2. The molecule has 0 aliphatic rings. The van der Waals surface area contributed by atoms with Crippen molar-refractivity contribution >= 4 is 11.8 Å². The Morgan fingerprint density at radius 1 is 1.08 bits per heavy atom. The van der Waals surface area contributed by atoms with Gasteiger partial charge in [-0.25, -0.2) is 4.79 Å². The fourth-order valence-corrected chi connectivity index (χ4v) is 2.43. The third kappa shape index (κ3) is 5.68. The zero-order chi connectivity index (χ0) is 18.9. The fourth-order valence-electron chi connectivity index (χ4n) is 2.43. The lowest BCUT2D eigenvalue weighted by Gasteiger charge is -2.13. The third-order valence-corrected chi connectivity index (χ3v) is 3.79. The predicted molar refractivity (Wildman–Crippen MR) is 95.4 cm³/mol. The van der Waals surface area contributed by atoms with Crippen LogP contribution in [0.15, 0.2) is 48.5 Å². The van der Waals surface area contributed by atoms with E-state index in [4.69, 9.17) is 19.7 Å². The van der Waals surface area contributed by atoms with Crippen molar-refractivity contribution in [3.63, 3.8) is 0 Å². The molecule has 0 fully saturated rings. The molecule has 0 spiro atoms. The Morgan fingerprint density at radius 2 is 1.81 bits per heavy atom. The predicted octanol–water partition coefficient (Wildman–Crippen LogP) is 2.47. The molecule has 0 radical (unpaired) electrons. The van der Waals surface area contributed by atoms with E-state index >= 15 is 0 Å². The first-order valence-corrected chi connectivity index (χ1v) is 8.32. The van der Waals surface area contributed by atoms with E-state index in [9.17, 15) is 9.59 Å². The number of Topliss-reactive ketones (excluding diaryl/α,β-unsaturated/α-hetero) is 1. The molecule has 138 valence electrons. The average molecular weight is 358 g/mol. The zero-order valence-corrected chi connectivity index (χ0v) is 14.6. The van der Waals surface area contributed by atoms with Gasteiger partial charge in [-0.2, -0.15) is 0 Å². The lowest BCUT2D eigenvalue weighted by atomic mass is 10.1. The molecule has 1 atom stereocenters. The topological polar surface area (TPSA) is 93.1 Å². The summed E-state index contributed by atoms with van der Waals surface area (Å²) in [6.45, 7) is 1.84. The van der Waals surface area contributed by atoms with Crippen molar-refractivity contribution in [3.8, 4) is 5.75 Å². The van der Waals surface area contributed by atoms with E-state index in [-0.39, 0.29) is 25.4 Å². The molecule has 0 unspecified atom stereocenters. The first-order valence-electron chi connectivity index (χ1n) is 8.32. The van der Waals surface area contributed by atoms with Gasteiger partial charge in [0.1, 0.15) is 5.75 Å². The second kappa shape index (κ2) is 9.70. The Kier molecular flexibility index (Phi) is 7.32. The van der Waals surface area contributed by atoms with Gasteiger partial charge in [-0.15, -0.1) is 0 Å². The van der Waals surface area contributed by atoms with Gasteiger partial charge in [0.15, 0.2) is 18.5 Å². The van der Waals surface area contributed by atoms with Crippen LogP contribution in [0.3, 0.4) is 0 Å². The Bertz CT molecular complexity index is 738. The largest absolute Gasteiger partial charge is 0.485 e. The summed E-state index contributed by atoms with van der Waals surface area (Å²) in [6, 6.07) is 13.6. The first-order chi connectivity index (χ1) is 12.5. The summed E-state index contributed by atoms with van der Waals surface area (Å²) >= 11 is 0. The van der Waals surface area contributed by atoms with Crippen LogP contribution in [0.25, 0.3) is 0 Å². The quantitative estimate of drug-likeness (QED) is 0.634. The summed E-state index contributed by atoms with van der Waals surface area (Å²) in [5.41, 5.74) is 1.96. The zero-order valence-electron chi connectivity index (χ0n) is 14.6. The number of carboxylic acids is 1. The van der Waals surface area contributed by atoms with E-state index in [1.54, 1.807) is 55.5 Å². The summed E-state index contributed by atoms with van der Waals surface area (Å²) in [7, 11) is 0. The lowest BCUT2D eigenvalue weighted by molar-refractivity contribution is -0.149. The smallest absolute Gasteiger partial charge is 0.333 e. The highest BCUT2D eigenvalue weighted by atomic mass is 16.5. The summed E-state index contributed by atoms with van der Waals surface area (Å²) < 4.78 is 10.7. The number of hydrogen-bond acceptors (Lipinski definition) is 5. The molecule has 0 saturated heterocycles. The second-order valence-corrected chi connectivity index (χ2v) is 5.70. The molecule has 6 heteroatoms. The van der Waals surface area contributed by atoms with Crippen LogP contribution in [-0.4, -0.2) is 41.3 Å². The van der Waals surface area contributed by atoms with Crippen LogP contribution in [0.1, 0.15) is 28.4 Å². The van der Waals surface area contributed by atoms with Gasteiger partial charge in [0.2, 0.25) is 0 Å². The van der Waals surface area contributed by atoms with Crippen molar-refractivity contribution in [1.82, 2.24) is 0 Å². The van der Waals surface area contributed by atoms with Gasteiger partial charge >= 0.3 is 5.97 Å². The maximum Gasteiger partial charge on any atom is 0.333 e. The Morgan fingerprint density at radius 3 is 2.42 bits per heavy atom. The number of hydrogen-bond donors (Lipinski definition) is 2. The summed E-state index contributed by atoms with van der Waals surface area (Å²) in [5, 5.41) is 18.2.